The topological polar surface area (TPSA) is 99.8 Å². The van der Waals surface area contributed by atoms with Crippen molar-refractivity contribution < 1.29 is 45.5 Å². The molecule has 1 aliphatic heterocycles. The van der Waals surface area contributed by atoms with Crippen LogP contribution in [0.2, 0.25) is 5.02 Å². The monoisotopic (exact) mass is 695 g/mol. The standard InChI is InChI=1S/C29H22Cl3F6N3O4/c1-12-25(45-12)27(44)41-24-20(34)7-8-21(23(24)35)40-26(43)15-10-14(4-5-18(15)30)39-22(42)11-16(28(2,31)32)13-3-6-19(33)17(9-13)29(36,37)38/h3-10,12,16,25H,11H2,1-2H3,(H,39,42)(H,40,43)(H,41,44)/t12?,16-,25?/m1/s1. The molecule has 0 saturated carbocycles. The minimum absolute atomic E-state index is 0.000295. The molecule has 1 fully saturated rings. The van der Waals surface area contributed by atoms with Gasteiger partial charge in [-0.05, 0) is 61.9 Å². The molecule has 3 N–H and O–H groups in total. The largest absolute Gasteiger partial charge is 0.419 e. The van der Waals surface area contributed by atoms with E-state index in [4.69, 9.17) is 39.5 Å². The van der Waals surface area contributed by atoms with Crippen LogP contribution < -0.4 is 16.0 Å². The summed E-state index contributed by atoms with van der Waals surface area (Å²) in [4.78, 5) is 38.0. The summed E-state index contributed by atoms with van der Waals surface area (Å²) < 4.78 is 86.2. The average Bonchev–Trinajstić information content (AvgIpc) is 3.68. The summed E-state index contributed by atoms with van der Waals surface area (Å²) >= 11 is 18.5. The van der Waals surface area contributed by atoms with Gasteiger partial charge >= 0.3 is 6.18 Å². The molecule has 3 amide bonds. The second-order valence-corrected chi connectivity index (χ2v) is 12.4. The highest BCUT2D eigenvalue weighted by Gasteiger charge is 2.42. The summed E-state index contributed by atoms with van der Waals surface area (Å²) in [5.41, 5.74) is -3.28. The van der Waals surface area contributed by atoms with Crippen molar-refractivity contribution in [3.63, 3.8) is 0 Å². The van der Waals surface area contributed by atoms with Gasteiger partial charge in [0.2, 0.25) is 5.91 Å². The molecule has 0 radical (unpaired) electrons. The van der Waals surface area contributed by atoms with E-state index in [1.807, 2.05) is 0 Å². The Balaban J connectivity index is 1.51. The number of nitrogens with one attached hydrogen (secondary N) is 3. The Kier molecular flexibility index (Phi) is 9.98. The molecule has 0 spiro atoms. The van der Waals surface area contributed by atoms with Crippen molar-refractivity contribution in [2.45, 2.75) is 48.9 Å². The predicted molar refractivity (Wildman–Crippen MR) is 156 cm³/mol. The number of carbonyl (C=O) groups is 3. The second kappa shape index (κ2) is 13.1. The van der Waals surface area contributed by atoms with E-state index in [0.717, 1.165) is 24.3 Å². The molecule has 0 aliphatic carbocycles. The van der Waals surface area contributed by atoms with Crippen LogP contribution in [-0.2, 0) is 20.5 Å². The number of alkyl halides is 5. The number of ether oxygens (including phenoxy) is 1. The lowest BCUT2D eigenvalue weighted by atomic mass is 9.90. The Morgan fingerprint density at radius 3 is 2.18 bits per heavy atom. The fourth-order valence-corrected chi connectivity index (χ4v) is 4.96. The first-order chi connectivity index (χ1) is 20.9. The van der Waals surface area contributed by atoms with Crippen LogP contribution in [0.15, 0.2) is 48.5 Å². The maximum Gasteiger partial charge on any atom is 0.419 e. The second-order valence-electron chi connectivity index (χ2n) is 10.2. The molecule has 0 aromatic heterocycles. The third-order valence-electron chi connectivity index (χ3n) is 6.75. The molecule has 7 nitrogen and oxygen atoms in total. The van der Waals surface area contributed by atoms with E-state index in [9.17, 15) is 36.3 Å². The van der Waals surface area contributed by atoms with E-state index < -0.39 is 87.2 Å². The summed E-state index contributed by atoms with van der Waals surface area (Å²) in [7, 11) is 0. The molecular formula is C29H22Cl3F6N3O4. The van der Waals surface area contributed by atoms with Crippen molar-refractivity contribution in [3.05, 3.63) is 87.7 Å². The van der Waals surface area contributed by atoms with Crippen LogP contribution in [0.4, 0.5) is 43.4 Å². The minimum atomic E-state index is -5.02. The van der Waals surface area contributed by atoms with Crippen molar-refractivity contribution in [2.75, 3.05) is 16.0 Å². The quantitative estimate of drug-likeness (QED) is 0.120. The van der Waals surface area contributed by atoms with Crippen LogP contribution in [0, 0.1) is 17.5 Å². The van der Waals surface area contributed by atoms with Gasteiger partial charge in [0.15, 0.2) is 11.9 Å². The van der Waals surface area contributed by atoms with Crippen molar-refractivity contribution in [1.29, 1.82) is 0 Å². The average molecular weight is 697 g/mol. The zero-order valence-corrected chi connectivity index (χ0v) is 25.4. The molecule has 16 heteroatoms. The molecular weight excluding hydrogens is 675 g/mol. The van der Waals surface area contributed by atoms with E-state index >= 15 is 4.39 Å². The maximum atomic E-state index is 15.1. The molecule has 1 aliphatic rings. The molecule has 3 atom stereocenters. The van der Waals surface area contributed by atoms with Crippen molar-refractivity contribution in [1.82, 2.24) is 0 Å². The Hall–Kier alpha value is -3.52. The number of amides is 3. The molecule has 3 aromatic carbocycles. The summed E-state index contributed by atoms with van der Waals surface area (Å²) in [6, 6.07) is 7.55. The Morgan fingerprint density at radius 2 is 1.58 bits per heavy atom. The van der Waals surface area contributed by atoms with Gasteiger partial charge < -0.3 is 20.7 Å². The van der Waals surface area contributed by atoms with Crippen LogP contribution in [0.25, 0.3) is 0 Å². The predicted octanol–water partition coefficient (Wildman–Crippen LogP) is 8.06. The normalized spacial score (nSPS) is 17.0. The fourth-order valence-electron chi connectivity index (χ4n) is 4.35. The number of hydrogen-bond donors (Lipinski definition) is 3. The van der Waals surface area contributed by atoms with Crippen LogP contribution in [-0.4, -0.2) is 34.3 Å². The zero-order valence-electron chi connectivity index (χ0n) is 23.1. The third kappa shape index (κ3) is 8.20. The minimum Gasteiger partial charge on any atom is -0.359 e. The third-order valence-corrected chi connectivity index (χ3v) is 7.61. The molecule has 0 bridgehead atoms. The lowest BCUT2D eigenvalue weighted by Gasteiger charge is -2.27. The molecule has 1 saturated heterocycles. The summed E-state index contributed by atoms with van der Waals surface area (Å²) in [6.45, 7) is 2.85. The van der Waals surface area contributed by atoms with E-state index in [1.54, 1.807) is 6.92 Å². The summed E-state index contributed by atoms with van der Waals surface area (Å²) in [5, 5.41) is 6.63. The first-order valence-electron chi connectivity index (χ1n) is 13.0. The van der Waals surface area contributed by atoms with Gasteiger partial charge in [-0.2, -0.15) is 13.2 Å². The number of halogens is 9. The SMILES string of the molecule is CC1OC1C(=O)Nc1c(F)ccc(NC(=O)c2cc(NC(=O)C[C@H](c3ccc(F)c(C(F)(F)F)c3)C(C)(Cl)Cl)ccc2Cl)c1F. The van der Waals surface area contributed by atoms with Gasteiger partial charge in [-0.3, -0.25) is 14.4 Å². The molecule has 45 heavy (non-hydrogen) atoms. The van der Waals surface area contributed by atoms with Crippen LogP contribution in [0.3, 0.4) is 0 Å². The van der Waals surface area contributed by atoms with Gasteiger partial charge in [-0.1, -0.05) is 17.7 Å². The molecule has 1 heterocycles. The lowest BCUT2D eigenvalue weighted by molar-refractivity contribution is -0.140. The van der Waals surface area contributed by atoms with Crippen molar-refractivity contribution in [3.8, 4) is 0 Å². The van der Waals surface area contributed by atoms with E-state index in [0.29, 0.717) is 12.1 Å². The first kappa shape index (κ1) is 34.4. The van der Waals surface area contributed by atoms with Gasteiger partial charge in [-0.15, -0.1) is 23.2 Å². The van der Waals surface area contributed by atoms with Crippen molar-refractivity contribution >= 4 is 69.6 Å². The molecule has 2 unspecified atom stereocenters. The fraction of sp³-hybridized carbons (Fsp3) is 0.276. The first-order valence-corrected chi connectivity index (χ1v) is 14.1. The van der Waals surface area contributed by atoms with Gasteiger partial charge in [0, 0.05) is 18.0 Å². The molecule has 4 rings (SSSR count). The molecule has 3 aromatic rings. The number of hydrogen-bond acceptors (Lipinski definition) is 4. The van der Waals surface area contributed by atoms with Gasteiger partial charge in [0.05, 0.1) is 27.9 Å². The van der Waals surface area contributed by atoms with Crippen LogP contribution in [0.1, 0.15) is 47.7 Å². The zero-order chi connectivity index (χ0) is 33.4. The molecule has 240 valence electrons. The van der Waals surface area contributed by atoms with Crippen LogP contribution >= 0.6 is 34.8 Å². The Morgan fingerprint density at radius 1 is 0.933 bits per heavy atom. The highest BCUT2D eigenvalue weighted by atomic mass is 35.5. The van der Waals surface area contributed by atoms with Crippen LogP contribution in [0.5, 0.6) is 0 Å². The summed E-state index contributed by atoms with van der Waals surface area (Å²) in [6.07, 6.45) is -6.86. The maximum absolute atomic E-state index is 15.1. The van der Waals surface area contributed by atoms with Crippen molar-refractivity contribution in [2.24, 2.45) is 0 Å². The summed E-state index contributed by atoms with van der Waals surface area (Å²) in [5.74, 6) is -7.68. The lowest BCUT2D eigenvalue weighted by Crippen LogP contribution is -2.26. The van der Waals surface area contributed by atoms with Gasteiger partial charge in [0.25, 0.3) is 11.8 Å². The van der Waals surface area contributed by atoms with E-state index in [2.05, 4.69) is 16.0 Å². The number of carbonyl (C=O) groups excluding carboxylic acids is 3. The van der Waals surface area contributed by atoms with Gasteiger partial charge in [-0.25, -0.2) is 13.2 Å². The number of benzene rings is 3. The number of anilines is 3. The highest BCUT2D eigenvalue weighted by molar-refractivity contribution is 6.48. The van der Waals surface area contributed by atoms with E-state index in [1.165, 1.54) is 19.1 Å². The smallest absolute Gasteiger partial charge is 0.359 e. The Labute approximate surface area is 267 Å². The van der Waals surface area contributed by atoms with E-state index in [-0.39, 0.29) is 21.8 Å². The van der Waals surface area contributed by atoms with Gasteiger partial charge in [0.1, 0.15) is 21.7 Å². The Bertz CT molecular complexity index is 1670. The number of rotatable bonds is 9. The highest BCUT2D eigenvalue weighted by Crippen LogP contribution is 2.42. The number of epoxide rings is 1.